The minimum atomic E-state index is -1.83. The Hall–Kier alpha value is -5.46. The van der Waals surface area contributed by atoms with E-state index in [2.05, 4.69) is 0 Å². The number of methoxy groups -OCH3 is 1. The predicted molar refractivity (Wildman–Crippen MR) is 186 cm³/mol. The maximum atomic E-state index is 13.6. The first-order valence-corrected chi connectivity index (χ1v) is 17.1. The first-order chi connectivity index (χ1) is 24.7. The van der Waals surface area contributed by atoms with E-state index in [1.165, 1.54) is 31.4 Å². The molecular formula is C39H36O11S. The van der Waals surface area contributed by atoms with Crippen LogP contribution in [0.5, 0.6) is 0 Å². The zero-order valence-electron chi connectivity index (χ0n) is 27.9. The predicted octanol–water partition coefficient (Wildman–Crippen LogP) is 5.93. The van der Waals surface area contributed by atoms with E-state index >= 15 is 0 Å². The van der Waals surface area contributed by atoms with Crippen LogP contribution in [0.4, 0.5) is 0 Å². The van der Waals surface area contributed by atoms with Crippen LogP contribution in [0.2, 0.25) is 0 Å². The molecule has 11 nitrogen and oxygen atoms in total. The van der Waals surface area contributed by atoms with Crippen molar-refractivity contribution in [1.29, 1.82) is 0 Å². The van der Waals surface area contributed by atoms with Gasteiger partial charge < -0.3 is 28.4 Å². The fraction of sp³-hybridized carbons (Fsp3) is 0.256. The average molecular weight is 713 g/mol. The second-order valence-electron chi connectivity index (χ2n) is 11.3. The van der Waals surface area contributed by atoms with Crippen molar-refractivity contribution in [2.75, 3.05) is 19.5 Å². The Morgan fingerprint density at radius 3 is 1.61 bits per heavy atom. The maximum Gasteiger partial charge on any atom is 0.348 e. The molecule has 0 saturated carbocycles. The summed E-state index contributed by atoms with van der Waals surface area (Å²) in [5.41, 5.74) is 0.761. The van der Waals surface area contributed by atoms with Gasteiger partial charge in [0.05, 0.1) is 29.4 Å². The molecule has 5 rings (SSSR count). The van der Waals surface area contributed by atoms with E-state index in [4.69, 9.17) is 28.4 Å². The number of ether oxygens (including phenoxy) is 6. The van der Waals surface area contributed by atoms with Gasteiger partial charge >= 0.3 is 29.8 Å². The van der Waals surface area contributed by atoms with Crippen LogP contribution in [0.15, 0.2) is 121 Å². The van der Waals surface area contributed by atoms with Gasteiger partial charge in [0.2, 0.25) is 4.93 Å². The molecule has 264 valence electrons. The van der Waals surface area contributed by atoms with Crippen LogP contribution in [0.25, 0.3) is 0 Å². The van der Waals surface area contributed by atoms with Gasteiger partial charge in [-0.05, 0) is 54.3 Å². The third kappa shape index (κ3) is 9.21. The molecule has 0 aliphatic carbocycles. The van der Waals surface area contributed by atoms with Gasteiger partial charge in [0.25, 0.3) is 0 Å². The largest absolute Gasteiger partial charge is 0.466 e. The lowest BCUT2D eigenvalue weighted by Crippen LogP contribution is -2.63. The van der Waals surface area contributed by atoms with Gasteiger partial charge in [-0.25, -0.2) is 24.0 Å². The molecule has 0 aromatic heterocycles. The highest BCUT2D eigenvalue weighted by molar-refractivity contribution is 8.01. The third-order valence-electron chi connectivity index (χ3n) is 7.90. The monoisotopic (exact) mass is 712 g/mol. The number of hydrogen-bond acceptors (Lipinski definition) is 12. The molecule has 0 bridgehead atoms. The van der Waals surface area contributed by atoms with Crippen molar-refractivity contribution in [2.24, 2.45) is 0 Å². The number of esters is 5. The van der Waals surface area contributed by atoms with Crippen LogP contribution in [0.1, 0.15) is 54.8 Å². The van der Waals surface area contributed by atoms with E-state index in [1.807, 2.05) is 0 Å². The summed E-state index contributed by atoms with van der Waals surface area (Å²) in [6.45, 7) is 1.19. The molecular weight excluding hydrogens is 676 g/mol. The van der Waals surface area contributed by atoms with Crippen molar-refractivity contribution in [2.45, 2.75) is 42.7 Å². The first kappa shape index (κ1) is 36.8. The molecule has 5 atom stereocenters. The van der Waals surface area contributed by atoms with E-state index in [9.17, 15) is 24.0 Å². The molecule has 1 aliphatic rings. The Bertz CT molecular complexity index is 1790. The number of thioether (sulfide) groups is 1. The zero-order chi connectivity index (χ0) is 36.2. The Morgan fingerprint density at radius 1 is 0.686 bits per heavy atom. The van der Waals surface area contributed by atoms with Crippen LogP contribution in [0.3, 0.4) is 0 Å². The number of rotatable bonds is 13. The van der Waals surface area contributed by atoms with E-state index < -0.39 is 65.8 Å². The minimum Gasteiger partial charge on any atom is -0.466 e. The summed E-state index contributed by atoms with van der Waals surface area (Å²) in [4.78, 5) is 65.7. The summed E-state index contributed by atoms with van der Waals surface area (Å²) >= 11 is 1.06. The molecule has 0 spiro atoms. The topological polar surface area (TPSA) is 141 Å². The third-order valence-corrected chi connectivity index (χ3v) is 9.09. The summed E-state index contributed by atoms with van der Waals surface area (Å²) < 4.78 is 35.4. The van der Waals surface area contributed by atoms with Crippen molar-refractivity contribution < 1.29 is 52.4 Å². The maximum absolute atomic E-state index is 13.6. The highest BCUT2D eigenvalue weighted by Crippen LogP contribution is 2.43. The van der Waals surface area contributed by atoms with E-state index in [-0.39, 0.29) is 28.7 Å². The second-order valence-corrected chi connectivity index (χ2v) is 12.8. The Labute approximate surface area is 299 Å². The lowest BCUT2D eigenvalue weighted by atomic mass is 9.93. The lowest BCUT2D eigenvalue weighted by molar-refractivity contribution is -0.223. The summed E-state index contributed by atoms with van der Waals surface area (Å²) in [7, 11) is 1.18. The number of carbonyl (C=O) groups excluding carboxylic acids is 5. The van der Waals surface area contributed by atoms with Gasteiger partial charge in [-0.15, -0.1) is 11.8 Å². The molecule has 0 radical (unpaired) electrons. The minimum absolute atomic E-state index is 0.166. The molecule has 4 aromatic rings. The van der Waals surface area contributed by atoms with E-state index in [0.29, 0.717) is 5.75 Å². The molecule has 4 aromatic carbocycles. The summed E-state index contributed by atoms with van der Waals surface area (Å²) in [6.07, 6.45) is -6.16. The molecule has 1 aliphatic heterocycles. The average Bonchev–Trinajstić information content (AvgIpc) is 3.18. The molecule has 12 heteroatoms. The fourth-order valence-corrected chi connectivity index (χ4v) is 6.60. The molecule has 1 saturated heterocycles. The van der Waals surface area contributed by atoms with Crippen molar-refractivity contribution in [3.63, 3.8) is 0 Å². The molecule has 0 amide bonds. The Kier molecular flexibility index (Phi) is 12.6. The zero-order valence-corrected chi connectivity index (χ0v) is 28.7. The first-order valence-electron chi connectivity index (χ1n) is 16.1. The number of hydrogen-bond donors (Lipinski definition) is 0. The van der Waals surface area contributed by atoms with E-state index in [1.54, 1.807) is 104 Å². The number of benzene rings is 4. The van der Waals surface area contributed by atoms with Crippen molar-refractivity contribution in [3.05, 3.63) is 144 Å². The molecule has 0 N–H and O–H groups in total. The molecule has 1 unspecified atom stereocenters. The van der Waals surface area contributed by atoms with Crippen molar-refractivity contribution >= 4 is 41.6 Å². The molecule has 1 heterocycles. The van der Waals surface area contributed by atoms with Crippen LogP contribution in [0, 0.1) is 0 Å². The quantitative estimate of drug-likeness (QED) is 0.120. The van der Waals surface area contributed by atoms with Crippen LogP contribution in [-0.2, 0) is 33.2 Å². The smallest absolute Gasteiger partial charge is 0.348 e. The van der Waals surface area contributed by atoms with Crippen LogP contribution >= 0.6 is 11.8 Å². The van der Waals surface area contributed by atoms with Crippen LogP contribution < -0.4 is 0 Å². The lowest BCUT2D eigenvalue weighted by Gasteiger charge is -2.47. The van der Waals surface area contributed by atoms with Gasteiger partial charge in [0.15, 0.2) is 12.2 Å². The van der Waals surface area contributed by atoms with Gasteiger partial charge in [0.1, 0.15) is 18.8 Å². The number of carbonyl (C=O) groups is 5. The summed E-state index contributed by atoms with van der Waals surface area (Å²) in [6, 6.07) is 32.4. The Balaban J connectivity index is 1.60. The van der Waals surface area contributed by atoms with Crippen LogP contribution in [-0.4, -0.2) is 78.7 Å². The highest BCUT2D eigenvalue weighted by atomic mass is 32.2. The normalized spacial score (nSPS) is 20.2. The highest BCUT2D eigenvalue weighted by Gasteiger charge is 2.58. The standard InChI is InChI=1S/C39H36O11S/c1-3-51-39(38(44)45-2)24-30(47-35(41)27-18-10-5-11-19-27)32(49-37(43)29-22-14-7-15-23-29)33(50-39)31(48-36(42)28-20-12-6-13-21-28)25-46-34(40)26-16-8-4-9-17-26/h4-23,30-33H,3,24-25H2,1-2H3/t30-,31-,32-,33-,39?/m1/s1. The summed E-state index contributed by atoms with van der Waals surface area (Å²) in [5.74, 6) is -3.61. The van der Waals surface area contributed by atoms with Gasteiger partial charge in [-0.3, -0.25) is 0 Å². The second kappa shape index (κ2) is 17.5. The SMILES string of the molecule is CCSC1(C(=O)OC)C[C@@H](OC(=O)c2ccccc2)[C@@H](OC(=O)c2ccccc2)[C@@H]([C@@H](COC(=O)c2ccccc2)OC(=O)c2ccccc2)O1. The molecule has 51 heavy (non-hydrogen) atoms. The fourth-order valence-electron chi connectivity index (χ4n) is 5.48. The van der Waals surface area contributed by atoms with E-state index in [0.717, 1.165) is 11.8 Å². The Morgan fingerprint density at radius 2 is 1.14 bits per heavy atom. The van der Waals surface area contributed by atoms with Gasteiger partial charge in [-0.2, -0.15) is 0 Å². The molecule has 1 fully saturated rings. The van der Waals surface area contributed by atoms with Crippen molar-refractivity contribution in [1.82, 2.24) is 0 Å². The van der Waals surface area contributed by atoms with Crippen molar-refractivity contribution in [3.8, 4) is 0 Å². The summed E-state index contributed by atoms with van der Waals surface area (Å²) in [5, 5.41) is 0. The van der Waals surface area contributed by atoms with Gasteiger partial charge in [-0.1, -0.05) is 79.7 Å². The van der Waals surface area contributed by atoms with Gasteiger partial charge in [0, 0.05) is 6.42 Å².